The Kier molecular flexibility index (Phi) is 7.23. The fraction of sp³-hybridized carbons (Fsp3) is 0.381. The molecule has 7 nitrogen and oxygen atoms in total. The number of urea groups is 1. The minimum atomic E-state index is -3.61. The first-order chi connectivity index (χ1) is 14.3. The van der Waals surface area contributed by atoms with Gasteiger partial charge >= 0.3 is 6.03 Å². The fourth-order valence-electron chi connectivity index (χ4n) is 3.38. The smallest absolute Gasteiger partial charge is 0.317 e. The summed E-state index contributed by atoms with van der Waals surface area (Å²) >= 11 is 6.05. The predicted molar refractivity (Wildman–Crippen MR) is 120 cm³/mol. The Morgan fingerprint density at radius 1 is 1.03 bits per heavy atom. The predicted octanol–water partition coefficient (Wildman–Crippen LogP) is 2.77. The van der Waals surface area contributed by atoms with Gasteiger partial charge in [0.2, 0.25) is 10.0 Å². The quantitative estimate of drug-likeness (QED) is 0.663. The molecule has 1 fully saturated rings. The van der Waals surface area contributed by atoms with Crippen LogP contribution in [0.4, 0.5) is 10.5 Å². The van der Waals surface area contributed by atoms with Crippen LogP contribution in [0, 0.1) is 13.8 Å². The number of hydrogen-bond donors (Lipinski definition) is 2. The van der Waals surface area contributed by atoms with E-state index >= 15 is 0 Å². The number of hydrogen-bond acceptors (Lipinski definition) is 4. The Labute approximate surface area is 183 Å². The van der Waals surface area contributed by atoms with E-state index in [9.17, 15) is 13.2 Å². The van der Waals surface area contributed by atoms with Crippen molar-refractivity contribution in [3.8, 4) is 0 Å². The van der Waals surface area contributed by atoms with Crippen LogP contribution in [0.2, 0.25) is 5.02 Å². The second-order valence-corrected chi connectivity index (χ2v) is 9.52. The van der Waals surface area contributed by atoms with Crippen molar-refractivity contribution in [2.75, 3.05) is 44.2 Å². The van der Waals surface area contributed by atoms with Gasteiger partial charge in [-0.1, -0.05) is 29.8 Å². The normalized spacial score (nSPS) is 14.6. The largest absolute Gasteiger partial charge is 0.368 e. The number of halogens is 1. The van der Waals surface area contributed by atoms with Crippen LogP contribution in [-0.2, 0) is 10.0 Å². The maximum Gasteiger partial charge on any atom is 0.317 e. The van der Waals surface area contributed by atoms with Crippen molar-refractivity contribution in [1.82, 2.24) is 14.9 Å². The van der Waals surface area contributed by atoms with Crippen LogP contribution in [0.5, 0.6) is 0 Å². The first-order valence-corrected chi connectivity index (χ1v) is 11.7. The molecule has 9 heteroatoms. The lowest BCUT2D eigenvalue weighted by molar-refractivity contribution is 0.194. The molecule has 1 aliphatic rings. The molecule has 0 bridgehead atoms. The summed E-state index contributed by atoms with van der Waals surface area (Å²) in [5.74, 6) is 0. The Morgan fingerprint density at radius 2 is 1.77 bits per heavy atom. The maximum absolute atomic E-state index is 12.5. The third-order valence-corrected chi connectivity index (χ3v) is 6.90. The lowest BCUT2D eigenvalue weighted by atomic mass is 10.2. The number of rotatable bonds is 6. The molecule has 0 unspecified atom stereocenters. The second kappa shape index (κ2) is 9.68. The van der Waals surface area contributed by atoms with Crippen molar-refractivity contribution in [2.24, 2.45) is 0 Å². The molecule has 2 amide bonds. The fourth-order valence-corrected chi connectivity index (χ4v) is 4.93. The Hall–Kier alpha value is -2.29. The lowest BCUT2D eigenvalue weighted by Crippen LogP contribution is -2.52. The van der Waals surface area contributed by atoms with Gasteiger partial charge in [-0.2, -0.15) is 0 Å². The summed E-state index contributed by atoms with van der Waals surface area (Å²) in [5.41, 5.74) is 2.62. The molecule has 162 valence electrons. The molecule has 0 spiro atoms. The first-order valence-electron chi connectivity index (χ1n) is 9.86. The van der Waals surface area contributed by atoms with Gasteiger partial charge in [0.05, 0.1) is 4.90 Å². The monoisotopic (exact) mass is 450 g/mol. The van der Waals surface area contributed by atoms with Crippen molar-refractivity contribution in [3.05, 3.63) is 58.6 Å². The molecule has 2 N–H and O–H groups in total. The second-order valence-electron chi connectivity index (χ2n) is 7.35. The van der Waals surface area contributed by atoms with E-state index in [-0.39, 0.29) is 24.0 Å². The number of amides is 2. The van der Waals surface area contributed by atoms with Crippen LogP contribution < -0.4 is 14.9 Å². The van der Waals surface area contributed by atoms with Gasteiger partial charge in [-0.3, -0.25) is 0 Å². The van der Waals surface area contributed by atoms with E-state index in [1.54, 1.807) is 24.0 Å². The standard InChI is InChI=1S/C21H27ClN4O3S/c1-16-6-7-17(2)20(14-16)30(28,29)24-9-8-23-21(27)26-12-10-25(11-13-26)19-5-3-4-18(22)15-19/h3-7,14-15,24H,8-13H2,1-2H3,(H,23,27). The first kappa shape index (κ1) is 22.4. The SMILES string of the molecule is Cc1ccc(C)c(S(=O)(=O)NCCNC(=O)N2CCN(c3cccc(Cl)c3)CC2)c1. The van der Waals surface area contributed by atoms with Crippen molar-refractivity contribution in [1.29, 1.82) is 0 Å². The molecule has 2 aromatic rings. The van der Waals surface area contributed by atoms with Gasteiger partial charge in [-0.15, -0.1) is 0 Å². The number of benzene rings is 2. The Balaban J connectivity index is 1.44. The highest BCUT2D eigenvalue weighted by Gasteiger charge is 2.21. The summed E-state index contributed by atoms with van der Waals surface area (Å²) in [6.07, 6.45) is 0. The van der Waals surface area contributed by atoms with Crippen LogP contribution in [0.1, 0.15) is 11.1 Å². The van der Waals surface area contributed by atoms with Crippen molar-refractivity contribution in [3.63, 3.8) is 0 Å². The summed E-state index contributed by atoms with van der Waals surface area (Å²) in [4.78, 5) is 16.6. The number of nitrogens with zero attached hydrogens (tertiary/aromatic N) is 2. The summed E-state index contributed by atoms with van der Waals surface area (Å²) in [6.45, 7) is 6.57. The maximum atomic E-state index is 12.5. The highest BCUT2D eigenvalue weighted by Crippen LogP contribution is 2.21. The third kappa shape index (κ3) is 5.65. The topological polar surface area (TPSA) is 81.8 Å². The highest BCUT2D eigenvalue weighted by atomic mass is 35.5. The number of anilines is 1. The highest BCUT2D eigenvalue weighted by molar-refractivity contribution is 7.89. The molecule has 0 atom stereocenters. The minimum absolute atomic E-state index is 0.129. The van der Waals surface area contributed by atoms with Crippen molar-refractivity contribution >= 4 is 33.3 Å². The molecule has 2 aromatic carbocycles. The van der Waals surface area contributed by atoms with Gasteiger partial charge in [0.1, 0.15) is 0 Å². The van der Waals surface area contributed by atoms with Crippen LogP contribution in [0.15, 0.2) is 47.4 Å². The number of piperazine rings is 1. The summed E-state index contributed by atoms with van der Waals surface area (Å²) in [7, 11) is -3.61. The van der Waals surface area contributed by atoms with Crippen molar-refractivity contribution < 1.29 is 13.2 Å². The zero-order valence-corrected chi connectivity index (χ0v) is 18.8. The number of carbonyl (C=O) groups is 1. The molecule has 0 aliphatic carbocycles. The van der Waals surface area contributed by atoms with E-state index in [1.165, 1.54) is 0 Å². The zero-order valence-electron chi connectivity index (χ0n) is 17.2. The van der Waals surface area contributed by atoms with E-state index < -0.39 is 10.0 Å². The molecule has 30 heavy (non-hydrogen) atoms. The summed E-state index contributed by atoms with van der Waals surface area (Å²) in [5, 5.41) is 3.48. The Bertz CT molecular complexity index is 1010. The van der Waals surface area contributed by atoms with Crippen LogP contribution >= 0.6 is 11.6 Å². The third-order valence-electron chi connectivity index (χ3n) is 5.07. The molecule has 3 rings (SSSR count). The molecule has 1 heterocycles. The van der Waals surface area contributed by atoms with Gasteiger partial charge in [-0.05, 0) is 49.2 Å². The lowest BCUT2D eigenvalue weighted by Gasteiger charge is -2.36. The van der Waals surface area contributed by atoms with E-state index in [4.69, 9.17) is 11.6 Å². The van der Waals surface area contributed by atoms with E-state index in [2.05, 4.69) is 14.9 Å². The number of carbonyl (C=O) groups excluding carboxylic acids is 1. The van der Waals surface area contributed by atoms with Crippen molar-refractivity contribution in [2.45, 2.75) is 18.7 Å². The van der Waals surface area contributed by atoms with E-state index in [0.717, 1.165) is 11.3 Å². The molecule has 0 radical (unpaired) electrons. The van der Waals surface area contributed by atoms with Gasteiger partial charge in [0.25, 0.3) is 0 Å². The molecule has 0 saturated carbocycles. The van der Waals surface area contributed by atoms with Crippen LogP contribution in [-0.4, -0.2) is 58.6 Å². The molecule has 1 aliphatic heterocycles. The van der Waals surface area contributed by atoms with Crippen LogP contribution in [0.25, 0.3) is 0 Å². The minimum Gasteiger partial charge on any atom is -0.368 e. The van der Waals surface area contributed by atoms with Gasteiger partial charge in [-0.25, -0.2) is 17.9 Å². The molecular weight excluding hydrogens is 424 g/mol. The molecular formula is C21H27ClN4O3S. The Morgan fingerprint density at radius 3 is 2.47 bits per heavy atom. The van der Waals surface area contributed by atoms with E-state index in [1.807, 2.05) is 37.3 Å². The average Bonchev–Trinajstić information content (AvgIpc) is 2.73. The number of nitrogens with one attached hydrogen (secondary N) is 2. The van der Waals surface area contributed by atoms with E-state index in [0.29, 0.717) is 36.8 Å². The number of aryl methyl sites for hydroxylation is 2. The zero-order chi connectivity index (χ0) is 21.7. The number of sulfonamides is 1. The average molecular weight is 451 g/mol. The summed E-state index contributed by atoms with van der Waals surface area (Å²) in [6, 6.07) is 12.8. The van der Waals surface area contributed by atoms with Gasteiger partial charge in [0, 0.05) is 50.0 Å². The summed E-state index contributed by atoms with van der Waals surface area (Å²) < 4.78 is 27.5. The van der Waals surface area contributed by atoms with Gasteiger partial charge in [0.15, 0.2) is 0 Å². The molecule has 1 saturated heterocycles. The van der Waals surface area contributed by atoms with Crippen LogP contribution in [0.3, 0.4) is 0 Å². The van der Waals surface area contributed by atoms with Gasteiger partial charge < -0.3 is 15.1 Å². The molecule has 0 aromatic heterocycles.